The van der Waals surface area contributed by atoms with Crippen molar-refractivity contribution in [1.29, 1.82) is 0 Å². The van der Waals surface area contributed by atoms with Crippen LogP contribution in [-0.2, 0) is 4.79 Å². The van der Waals surface area contributed by atoms with Crippen molar-refractivity contribution < 1.29 is 9.90 Å². The van der Waals surface area contributed by atoms with Crippen molar-refractivity contribution in [1.82, 2.24) is 10.2 Å². The van der Waals surface area contributed by atoms with Crippen molar-refractivity contribution in [3.8, 4) is 0 Å². The van der Waals surface area contributed by atoms with Crippen LogP contribution in [0.4, 0.5) is 0 Å². The summed E-state index contributed by atoms with van der Waals surface area (Å²) in [4.78, 5) is 14.1. The van der Waals surface area contributed by atoms with E-state index in [4.69, 9.17) is 5.11 Å². The van der Waals surface area contributed by atoms with Gasteiger partial charge in [-0.1, -0.05) is 20.8 Å². The van der Waals surface area contributed by atoms with Crippen molar-refractivity contribution in [2.75, 3.05) is 19.7 Å². The van der Waals surface area contributed by atoms with E-state index < -0.39 is 0 Å². The van der Waals surface area contributed by atoms with Gasteiger partial charge >= 0.3 is 0 Å². The maximum Gasteiger partial charge on any atom is 0.234 e. The first kappa shape index (κ1) is 17.4. The molecule has 4 nitrogen and oxygen atoms in total. The predicted molar refractivity (Wildman–Crippen MR) is 75.5 cm³/mol. The van der Waals surface area contributed by atoms with Crippen LogP contribution in [0.1, 0.15) is 53.9 Å². The first-order valence-corrected chi connectivity index (χ1v) is 7.06. The van der Waals surface area contributed by atoms with Gasteiger partial charge in [-0.05, 0) is 33.1 Å². The number of hydrogen-bond acceptors (Lipinski definition) is 3. The molecule has 0 saturated carbocycles. The molecule has 1 amide bonds. The zero-order chi connectivity index (χ0) is 14.2. The van der Waals surface area contributed by atoms with E-state index in [2.05, 4.69) is 31.0 Å². The minimum Gasteiger partial charge on any atom is -0.395 e. The Kier molecular flexibility index (Phi) is 8.20. The first-order chi connectivity index (χ1) is 8.40. The van der Waals surface area contributed by atoms with E-state index in [1.54, 1.807) is 0 Å². The first-order valence-electron chi connectivity index (χ1n) is 7.06. The highest BCUT2D eigenvalue weighted by atomic mass is 16.3. The Hall–Kier alpha value is -0.610. The lowest BCUT2D eigenvalue weighted by atomic mass is 10.0. The number of carbonyl (C=O) groups excluding carboxylic acids is 1. The Labute approximate surface area is 112 Å². The summed E-state index contributed by atoms with van der Waals surface area (Å²) in [6.07, 6.45) is 2.91. The van der Waals surface area contributed by atoms with Crippen LogP contribution in [0.15, 0.2) is 0 Å². The topological polar surface area (TPSA) is 52.6 Å². The molecule has 0 radical (unpaired) electrons. The van der Waals surface area contributed by atoms with Gasteiger partial charge in [0.2, 0.25) is 5.91 Å². The largest absolute Gasteiger partial charge is 0.395 e. The highest BCUT2D eigenvalue weighted by Gasteiger charge is 2.22. The zero-order valence-electron chi connectivity index (χ0n) is 12.6. The molecule has 0 saturated heterocycles. The van der Waals surface area contributed by atoms with Gasteiger partial charge in [0, 0.05) is 18.1 Å². The molecule has 0 spiro atoms. The van der Waals surface area contributed by atoms with Gasteiger partial charge in [0.25, 0.3) is 0 Å². The van der Waals surface area contributed by atoms with Crippen molar-refractivity contribution in [2.45, 2.75) is 65.5 Å². The van der Waals surface area contributed by atoms with Crippen LogP contribution in [0.2, 0.25) is 0 Å². The van der Waals surface area contributed by atoms with Crippen LogP contribution in [0.3, 0.4) is 0 Å². The molecule has 0 aromatic carbocycles. The van der Waals surface area contributed by atoms with E-state index >= 15 is 0 Å². The number of rotatable bonds is 9. The number of aliphatic hydroxyl groups excluding tert-OH is 1. The molecule has 0 fully saturated rings. The number of nitrogens with zero attached hydrogens (tertiary/aromatic N) is 1. The third-order valence-corrected chi connectivity index (χ3v) is 3.55. The summed E-state index contributed by atoms with van der Waals surface area (Å²) < 4.78 is 0. The lowest BCUT2D eigenvalue weighted by Gasteiger charge is -2.31. The third-order valence-electron chi connectivity index (χ3n) is 3.55. The molecule has 0 aliphatic heterocycles. The Bertz CT molecular complexity index is 238. The second kappa shape index (κ2) is 8.48. The summed E-state index contributed by atoms with van der Waals surface area (Å²) in [5.41, 5.74) is -0.157. The van der Waals surface area contributed by atoms with Crippen LogP contribution >= 0.6 is 0 Å². The number of amides is 1. The molecule has 0 bridgehead atoms. The minimum absolute atomic E-state index is 0.0437. The summed E-state index contributed by atoms with van der Waals surface area (Å²) in [6.45, 7) is 11.4. The number of hydrogen-bond donors (Lipinski definition) is 2. The lowest BCUT2D eigenvalue weighted by Crippen LogP contribution is -2.49. The number of aliphatic hydroxyl groups is 1. The molecule has 108 valence electrons. The third kappa shape index (κ3) is 6.36. The quantitative estimate of drug-likeness (QED) is 0.663. The normalized spacial score (nSPS) is 12.2. The van der Waals surface area contributed by atoms with Gasteiger partial charge in [-0.3, -0.25) is 9.69 Å². The molecule has 0 aliphatic carbocycles. The summed E-state index contributed by atoms with van der Waals surface area (Å²) in [5.74, 6) is 0.0437. The maximum absolute atomic E-state index is 12.0. The van der Waals surface area contributed by atoms with E-state index in [0.29, 0.717) is 19.1 Å². The van der Waals surface area contributed by atoms with Gasteiger partial charge in [-0.15, -0.1) is 0 Å². The molecule has 0 unspecified atom stereocenters. The summed E-state index contributed by atoms with van der Waals surface area (Å²) in [7, 11) is 0. The molecule has 0 aromatic rings. The highest BCUT2D eigenvalue weighted by Crippen LogP contribution is 2.10. The van der Waals surface area contributed by atoms with Gasteiger partial charge in [-0.25, -0.2) is 0 Å². The smallest absolute Gasteiger partial charge is 0.234 e. The van der Waals surface area contributed by atoms with Gasteiger partial charge in [0.1, 0.15) is 0 Å². The maximum atomic E-state index is 12.0. The van der Waals surface area contributed by atoms with Crippen LogP contribution in [0.5, 0.6) is 0 Å². The average molecular weight is 258 g/mol. The summed E-state index contributed by atoms with van der Waals surface area (Å²) in [5, 5.41) is 12.1. The second-order valence-electron chi connectivity index (χ2n) is 5.45. The fourth-order valence-electron chi connectivity index (χ4n) is 2.01. The van der Waals surface area contributed by atoms with Crippen LogP contribution < -0.4 is 5.32 Å². The van der Waals surface area contributed by atoms with E-state index in [1.165, 1.54) is 0 Å². The lowest BCUT2D eigenvalue weighted by molar-refractivity contribution is -0.124. The fraction of sp³-hybridized carbons (Fsp3) is 0.929. The standard InChI is InChI=1S/C14H30N2O2/c1-6-12(7-2)16(9-10-17)11-13(18)15-14(4,5)8-3/h12,17H,6-11H2,1-5H3,(H,15,18). The Morgan fingerprint density at radius 3 is 2.22 bits per heavy atom. The molecular weight excluding hydrogens is 228 g/mol. The predicted octanol–water partition coefficient (Wildman–Crippen LogP) is 1.77. The summed E-state index contributed by atoms with van der Waals surface area (Å²) >= 11 is 0. The molecule has 0 aromatic heterocycles. The highest BCUT2D eigenvalue weighted by molar-refractivity contribution is 5.78. The molecule has 0 rings (SSSR count). The van der Waals surface area contributed by atoms with Gasteiger partial charge in [0.05, 0.1) is 13.2 Å². The molecule has 2 N–H and O–H groups in total. The minimum atomic E-state index is -0.157. The molecule has 0 atom stereocenters. The Morgan fingerprint density at radius 1 is 1.28 bits per heavy atom. The van der Waals surface area contributed by atoms with Crippen LogP contribution in [-0.4, -0.2) is 47.2 Å². The van der Waals surface area contributed by atoms with Crippen molar-refractivity contribution in [2.24, 2.45) is 0 Å². The van der Waals surface area contributed by atoms with Crippen LogP contribution in [0.25, 0.3) is 0 Å². The van der Waals surface area contributed by atoms with Crippen molar-refractivity contribution in [3.63, 3.8) is 0 Å². The van der Waals surface area contributed by atoms with Crippen LogP contribution in [0, 0.1) is 0 Å². The average Bonchev–Trinajstić information content (AvgIpc) is 2.30. The molecule has 0 aliphatic rings. The van der Waals surface area contributed by atoms with E-state index in [1.807, 2.05) is 13.8 Å². The fourth-order valence-corrected chi connectivity index (χ4v) is 2.01. The molecule has 0 heterocycles. The number of carbonyl (C=O) groups is 1. The Morgan fingerprint density at radius 2 is 1.83 bits per heavy atom. The SMILES string of the molecule is CCC(CC)N(CCO)CC(=O)NC(C)(C)CC. The van der Waals surface area contributed by atoms with Crippen molar-refractivity contribution >= 4 is 5.91 Å². The molecule has 4 heteroatoms. The van der Waals surface area contributed by atoms with Gasteiger partial charge in [-0.2, -0.15) is 0 Å². The van der Waals surface area contributed by atoms with E-state index in [-0.39, 0.29) is 18.1 Å². The van der Waals surface area contributed by atoms with Gasteiger partial charge in [0.15, 0.2) is 0 Å². The van der Waals surface area contributed by atoms with E-state index in [9.17, 15) is 4.79 Å². The van der Waals surface area contributed by atoms with E-state index in [0.717, 1.165) is 19.3 Å². The van der Waals surface area contributed by atoms with Gasteiger partial charge < -0.3 is 10.4 Å². The molecule has 18 heavy (non-hydrogen) atoms. The van der Waals surface area contributed by atoms with Crippen molar-refractivity contribution in [3.05, 3.63) is 0 Å². The number of nitrogens with one attached hydrogen (secondary N) is 1. The monoisotopic (exact) mass is 258 g/mol. The second-order valence-corrected chi connectivity index (χ2v) is 5.45. The molecular formula is C14H30N2O2. The zero-order valence-corrected chi connectivity index (χ0v) is 12.6. The summed E-state index contributed by atoms with van der Waals surface area (Å²) in [6, 6.07) is 0.368. The Balaban J connectivity index is 4.44.